The molecule has 0 aliphatic carbocycles. The third kappa shape index (κ3) is 5.48. The summed E-state index contributed by atoms with van der Waals surface area (Å²) >= 11 is 0. The molecule has 2 fully saturated rings. The van der Waals surface area contributed by atoms with Crippen LogP contribution < -0.4 is 0 Å². The van der Waals surface area contributed by atoms with Crippen LogP contribution in [0.3, 0.4) is 0 Å². The van der Waals surface area contributed by atoms with Gasteiger partial charge < -0.3 is 14.3 Å². The standard InChI is InChI=1S/C18H31NO4/c1-18(2,3)23-17(21)19-12-7-8-14-10-11-15(22-16(14)19)9-5-4-6-13-20/h13-16H,4-12H2,1-3H3/t14-,15+,16+/m0/s1. The van der Waals surface area contributed by atoms with Crippen molar-refractivity contribution in [3.05, 3.63) is 0 Å². The third-order valence-corrected chi connectivity index (χ3v) is 4.60. The van der Waals surface area contributed by atoms with Gasteiger partial charge in [-0.1, -0.05) is 6.42 Å². The molecule has 23 heavy (non-hydrogen) atoms. The van der Waals surface area contributed by atoms with Gasteiger partial charge in [0, 0.05) is 18.9 Å². The Morgan fingerprint density at radius 2 is 2.04 bits per heavy atom. The molecule has 132 valence electrons. The Morgan fingerprint density at radius 3 is 2.74 bits per heavy atom. The summed E-state index contributed by atoms with van der Waals surface area (Å²) < 4.78 is 11.8. The zero-order valence-corrected chi connectivity index (χ0v) is 14.8. The van der Waals surface area contributed by atoms with Crippen LogP contribution in [-0.2, 0) is 14.3 Å². The predicted molar refractivity (Wildman–Crippen MR) is 88.1 cm³/mol. The molecule has 2 rings (SSSR count). The van der Waals surface area contributed by atoms with Crippen LogP contribution in [0.4, 0.5) is 4.79 Å². The first-order valence-corrected chi connectivity index (χ1v) is 8.99. The molecule has 0 N–H and O–H groups in total. The molecule has 0 saturated carbocycles. The Kier molecular flexibility index (Phi) is 6.45. The van der Waals surface area contributed by atoms with E-state index in [-0.39, 0.29) is 18.4 Å². The fourth-order valence-corrected chi connectivity index (χ4v) is 3.51. The van der Waals surface area contributed by atoms with E-state index in [0.29, 0.717) is 18.9 Å². The molecule has 5 nitrogen and oxygen atoms in total. The molecule has 3 atom stereocenters. The van der Waals surface area contributed by atoms with E-state index in [1.807, 2.05) is 20.8 Å². The van der Waals surface area contributed by atoms with Gasteiger partial charge in [0.05, 0.1) is 6.10 Å². The summed E-state index contributed by atoms with van der Waals surface area (Å²) in [5, 5.41) is 0. The van der Waals surface area contributed by atoms with Gasteiger partial charge in [-0.3, -0.25) is 4.90 Å². The third-order valence-electron chi connectivity index (χ3n) is 4.60. The maximum atomic E-state index is 12.5. The highest BCUT2D eigenvalue weighted by Crippen LogP contribution is 2.36. The fourth-order valence-electron chi connectivity index (χ4n) is 3.51. The van der Waals surface area contributed by atoms with Gasteiger partial charge in [-0.2, -0.15) is 0 Å². The first-order valence-electron chi connectivity index (χ1n) is 8.99. The second-order valence-electron chi connectivity index (χ2n) is 7.75. The van der Waals surface area contributed by atoms with Gasteiger partial charge in [-0.15, -0.1) is 0 Å². The molecule has 0 unspecified atom stereocenters. The van der Waals surface area contributed by atoms with Gasteiger partial charge in [0.2, 0.25) is 0 Å². The average Bonchev–Trinajstić information content (AvgIpc) is 2.49. The van der Waals surface area contributed by atoms with Gasteiger partial charge in [0.1, 0.15) is 18.1 Å². The van der Waals surface area contributed by atoms with Gasteiger partial charge in [0.15, 0.2) is 0 Å². The molecule has 0 radical (unpaired) electrons. The van der Waals surface area contributed by atoms with Crippen molar-refractivity contribution >= 4 is 12.4 Å². The van der Waals surface area contributed by atoms with E-state index < -0.39 is 5.60 Å². The van der Waals surface area contributed by atoms with Gasteiger partial charge in [0.25, 0.3) is 0 Å². The second kappa shape index (κ2) is 8.13. The number of amides is 1. The van der Waals surface area contributed by atoms with Crippen LogP contribution in [0.2, 0.25) is 0 Å². The van der Waals surface area contributed by atoms with E-state index in [1.54, 1.807) is 4.90 Å². The number of likely N-dealkylation sites (tertiary alicyclic amines) is 1. The van der Waals surface area contributed by atoms with Crippen LogP contribution in [0.25, 0.3) is 0 Å². The number of rotatable bonds is 5. The normalized spacial score (nSPS) is 28.1. The Morgan fingerprint density at radius 1 is 1.26 bits per heavy atom. The Balaban J connectivity index is 1.91. The molecule has 1 amide bonds. The maximum absolute atomic E-state index is 12.5. The van der Waals surface area contributed by atoms with Gasteiger partial charge >= 0.3 is 6.09 Å². The molecule has 0 bridgehead atoms. The molecule has 2 saturated heterocycles. The van der Waals surface area contributed by atoms with E-state index in [2.05, 4.69) is 0 Å². The molecule has 0 spiro atoms. The van der Waals surface area contributed by atoms with Crippen LogP contribution in [-0.4, -0.2) is 41.8 Å². The maximum Gasteiger partial charge on any atom is 0.412 e. The van der Waals surface area contributed by atoms with E-state index >= 15 is 0 Å². The smallest absolute Gasteiger partial charge is 0.412 e. The number of hydrogen-bond acceptors (Lipinski definition) is 4. The first-order chi connectivity index (χ1) is 10.9. The number of unbranched alkanes of at least 4 members (excludes halogenated alkanes) is 2. The number of carbonyl (C=O) groups is 2. The Labute approximate surface area is 139 Å². The van der Waals surface area contributed by atoms with Crippen molar-refractivity contribution in [2.75, 3.05) is 6.54 Å². The number of ether oxygens (including phenoxy) is 2. The lowest BCUT2D eigenvalue weighted by molar-refractivity contribution is -0.169. The highest BCUT2D eigenvalue weighted by atomic mass is 16.6. The van der Waals surface area contributed by atoms with E-state index in [0.717, 1.165) is 51.2 Å². The summed E-state index contributed by atoms with van der Waals surface area (Å²) in [5.41, 5.74) is -0.479. The molecule has 0 aromatic rings. The molecular formula is C18H31NO4. The number of piperidine rings is 1. The van der Waals surface area contributed by atoms with Gasteiger partial charge in [-0.25, -0.2) is 4.79 Å². The molecule has 0 aromatic heterocycles. The lowest BCUT2D eigenvalue weighted by Gasteiger charge is -2.46. The minimum absolute atomic E-state index is 0.136. The van der Waals surface area contributed by atoms with Crippen LogP contribution in [0, 0.1) is 5.92 Å². The number of aldehydes is 1. The highest BCUT2D eigenvalue weighted by molar-refractivity contribution is 5.68. The lowest BCUT2D eigenvalue weighted by atomic mass is 9.87. The summed E-state index contributed by atoms with van der Waals surface area (Å²) in [4.78, 5) is 24.6. The number of carbonyl (C=O) groups excluding carboxylic acids is 2. The Hall–Kier alpha value is -1.10. The molecule has 2 aliphatic heterocycles. The van der Waals surface area contributed by atoms with E-state index in [4.69, 9.17) is 9.47 Å². The number of nitrogens with zero attached hydrogens (tertiary/aromatic N) is 1. The van der Waals surface area contributed by atoms with Crippen molar-refractivity contribution in [2.24, 2.45) is 5.92 Å². The minimum atomic E-state index is -0.479. The van der Waals surface area contributed by atoms with Gasteiger partial charge in [-0.05, 0) is 59.3 Å². The first kappa shape index (κ1) is 18.2. The Bertz CT molecular complexity index is 404. The zero-order valence-electron chi connectivity index (χ0n) is 14.8. The molecule has 2 heterocycles. The summed E-state index contributed by atoms with van der Waals surface area (Å²) in [7, 11) is 0. The largest absolute Gasteiger partial charge is 0.444 e. The summed E-state index contributed by atoms with van der Waals surface area (Å²) in [6, 6.07) is 0. The van der Waals surface area contributed by atoms with Crippen molar-refractivity contribution in [3.63, 3.8) is 0 Å². The topological polar surface area (TPSA) is 55.8 Å². The second-order valence-corrected chi connectivity index (χ2v) is 7.75. The molecular weight excluding hydrogens is 294 g/mol. The SMILES string of the molecule is CC(C)(C)OC(=O)N1CCC[C@H]2CC[C@@H](CCCCC=O)O[C@H]21. The minimum Gasteiger partial charge on any atom is -0.444 e. The van der Waals surface area contributed by atoms with Crippen molar-refractivity contribution in [1.29, 1.82) is 0 Å². The van der Waals surface area contributed by atoms with Crippen LogP contribution in [0.1, 0.15) is 72.1 Å². The van der Waals surface area contributed by atoms with E-state index in [1.165, 1.54) is 0 Å². The summed E-state index contributed by atoms with van der Waals surface area (Å²) in [6.07, 6.45) is 8.64. The zero-order chi connectivity index (χ0) is 16.9. The van der Waals surface area contributed by atoms with Crippen LogP contribution >= 0.6 is 0 Å². The molecule has 5 heteroatoms. The predicted octanol–water partition coefficient (Wildman–Crippen LogP) is 3.90. The van der Waals surface area contributed by atoms with Crippen molar-refractivity contribution in [1.82, 2.24) is 4.90 Å². The lowest BCUT2D eigenvalue weighted by Crippen LogP contribution is -2.54. The van der Waals surface area contributed by atoms with Crippen LogP contribution in [0.15, 0.2) is 0 Å². The molecule has 0 aromatic carbocycles. The average molecular weight is 325 g/mol. The number of hydrogen-bond donors (Lipinski definition) is 0. The highest BCUT2D eigenvalue weighted by Gasteiger charge is 2.41. The monoisotopic (exact) mass is 325 g/mol. The summed E-state index contributed by atoms with van der Waals surface area (Å²) in [6.45, 7) is 6.39. The van der Waals surface area contributed by atoms with E-state index in [9.17, 15) is 9.59 Å². The fraction of sp³-hybridized carbons (Fsp3) is 0.889. The molecule has 2 aliphatic rings. The number of fused-ring (bicyclic) bond motifs is 1. The quantitative estimate of drug-likeness (QED) is 0.568. The summed E-state index contributed by atoms with van der Waals surface area (Å²) in [5.74, 6) is 0.433. The van der Waals surface area contributed by atoms with Crippen molar-refractivity contribution in [2.45, 2.75) is 90.1 Å². The van der Waals surface area contributed by atoms with Crippen LogP contribution in [0.5, 0.6) is 0 Å². The van der Waals surface area contributed by atoms with Crippen molar-refractivity contribution < 1.29 is 19.1 Å². The van der Waals surface area contributed by atoms with Crippen molar-refractivity contribution in [3.8, 4) is 0 Å².